The van der Waals surface area contributed by atoms with Crippen molar-refractivity contribution in [3.63, 3.8) is 0 Å². The fourth-order valence-corrected chi connectivity index (χ4v) is 4.14. The van der Waals surface area contributed by atoms with E-state index >= 15 is 0 Å². The topological polar surface area (TPSA) is 127 Å². The van der Waals surface area contributed by atoms with Gasteiger partial charge in [0.1, 0.15) is 24.4 Å². The highest BCUT2D eigenvalue weighted by Crippen LogP contribution is 2.41. The predicted octanol–water partition coefficient (Wildman–Crippen LogP) is -1.00. The van der Waals surface area contributed by atoms with E-state index < -0.39 is 54.8 Å². The summed E-state index contributed by atoms with van der Waals surface area (Å²) in [5.74, 6) is -1.60. The van der Waals surface area contributed by atoms with Crippen molar-refractivity contribution in [1.82, 2.24) is 0 Å². The van der Waals surface area contributed by atoms with Crippen LogP contribution in [0.4, 0.5) is 0 Å². The second kappa shape index (κ2) is 7.09. The van der Waals surface area contributed by atoms with E-state index in [0.717, 1.165) is 0 Å². The standard InChI is InChI=1S/C18H26O9/c1-18(2)24-7-11-15(27-18)13(21)14(22)17(25-11)26-16-12-8(6-19)5-10(20)9(12)3-4-23-16/h3-5,9-17,19-22H,6-7H2,1-2H3/t9-,10+,11+,12+,13+,14+,15+,16-,17-/m0/s1. The Balaban J connectivity index is 1.48. The summed E-state index contributed by atoms with van der Waals surface area (Å²) in [6.45, 7) is 3.38. The first-order chi connectivity index (χ1) is 12.8. The Hall–Kier alpha value is -1.04. The highest BCUT2D eigenvalue weighted by atomic mass is 16.8. The minimum Gasteiger partial charge on any atom is -0.472 e. The van der Waals surface area contributed by atoms with Gasteiger partial charge in [-0.25, -0.2) is 0 Å². The smallest absolute Gasteiger partial charge is 0.209 e. The average Bonchev–Trinajstić information content (AvgIpc) is 2.97. The molecule has 0 aromatic carbocycles. The van der Waals surface area contributed by atoms with Gasteiger partial charge >= 0.3 is 0 Å². The SMILES string of the molecule is CC1(C)OC[C@H]2O[C@@H](O[C@@H]3OC=C[C@@H]4[C@H]3C(CO)=C[C@H]4O)[C@H](O)[C@@H](O)[C@@H]2O1. The molecule has 3 aliphatic heterocycles. The number of ether oxygens (including phenoxy) is 5. The van der Waals surface area contributed by atoms with Crippen LogP contribution in [-0.4, -0.2) is 82.5 Å². The van der Waals surface area contributed by atoms with Gasteiger partial charge in [0.2, 0.25) is 6.29 Å². The van der Waals surface area contributed by atoms with Crippen molar-refractivity contribution in [3.05, 3.63) is 24.0 Å². The van der Waals surface area contributed by atoms with Gasteiger partial charge in [0.15, 0.2) is 12.1 Å². The van der Waals surface area contributed by atoms with Crippen LogP contribution in [-0.2, 0) is 23.7 Å². The summed E-state index contributed by atoms with van der Waals surface area (Å²) in [5.41, 5.74) is 0.594. The van der Waals surface area contributed by atoms with Gasteiger partial charge in [-0.3, -0.25) is 0 Å². The van der Waals surface area contributed by atoms with Crippen molar-refractivity contribution in [2.75, 3.05) is 13.2 Å². The van der Waals surface area contributed by atoms with Crippen molar-refractivity contribution in [2.45, 2.75) is 62.7 Å². The Kier molecular flexibility index (Phi) is 5.06. The van der Waals surface area contributed by atoms with Crippen molar-refractivity contribution in [1.29, 1.82) is 0 Å². The Bertz CT molecular complexity index is 616. The molecule has 9 heteroatoms. The zero-order valence-electron chi connectivity index (χ0n) is 15.2. The third-order valence-electron chi connectivity index (χ3n) is 5.54. The average molecular weight is 386 g/mol. The van der Waals surface area contributed by atoms with Gasteiger partial charge in [-0.05, 0) is 25.5 Å². The summed E-state index contributed by atoms with van der Waals surface area (Å²) in [4.78, 5) is 0. The van der Waals surface area contributed by atoms with E-state index in [1.165, 1.54) is 6.26 Å². The highest BCUT2D eigenvalue weighted by Gasteiger charge is 2.52. The van der Waals surface area contributed by atoms with E-state index in [0.29, 0.717) is 5.57 Å². The first-order valence-electron chi connectivity index (χ1n) is 9.11. The number of hydrogen-bond acceptors (Lipinski definition) is 9. The second-order valence-corrected chi connectivity index (χ2v) is 7.78. The van der Waals surface area contributed by atoms with Gasteiger partial charge < -0.3 is 44.1 Å². The van der Waals surface area contributed by atoms with Gasteiger partial charge in [-0.15, -0.1) is 0 Å². The summed E-state index contributed by atoms with van der Waals surface area (Å²) in [7, 11) is 0. The molecule has 2 saturated heterocycles. The lowest BCUT2D eigenvalue weighted by molar-refractivity contribution is -0.396. The third kappa shape index (κ3) is 3.43. The number of hydrogen-bond donors (Lipinski definition) is 4. The van der Waals surface area contributed by atoms with E-state index in [2.05, 4.69) is 0 Å². The number of aliphatic hydroxyl groups excluding tert-OH is 4. The Morgan fingerprint density at radius 1 is 1.19 bits per heavy atom. The minimum absolute atomic E-state index is 0.180. The van der Waals surface area contributed by atoms with Crippen LogP contribution in [0, 0.1) is 11.8 Å². The molecule has 0 unspecified atom stereocenters. The molecule has 3 heterocycles. The van der Waals surface area contributed by atoms with Crippen LogP contribution in [0.15, 0.2) is 24.0 Å². The summed E-state index contributed by atoms with van der Waals surface area (Å²) < 4.78 is 28.4. The molecule has 4 rings (SSSR count). The molecular formula is C18H26O9. The molecule has 0 spiro atoms. The van der Waals surface area contributed by atoms with Gasteiger partial charge in [-0.2, -0.15) is 0 Å². The van der Waals surface area contributed by atoms with Gasteiger partial charge in [0, 0.05) is 5.92 Å². The first-order valence-corrected chi connectivity index (χ1v) is 9.11. The van der Waals surface area contributed by atoms with Gasteiger partial charge in [0.05, 0.1) is 31.5 Å². The summed E-state index contributed by atoms with van der Waals surface area (Å²) in [6, 6.07) is 0. The monoisotopic (exact) mass is 386 g/mol. The van der Waals surface area contributed by atoms with E-state index in [4.69, 9.17) is 23.7 Å². The molecule has 0 saturated carbocycles. The third-order valence-corrected chi connectivity index (χ3v) is 5.54. The zero-order valence-corrected chi connectivity index (χ0v) is 15.2. The minimum atomic E-state index is -1.36. The van der Waals surface area contributed by atoms with Crippen LogP contribution in [0.3, 0.4) is 0 Å². The maximum Gasteiger partial charge on any atom is 0.209 e. The van der Waals surface area contributed by atoms with Crippen LogP contribution < -0.4 is 0 Å². The molecule has 9 atom stereocenters. The molecule has 4 N–H and O–H groups in total. The highest BCUT2D eigenvalue weighted by molar-refractivity contribution is 5.25. The lowest BCUT2D eigenvalue weighted by Crippen LogP contribution is -2.65. The van der Waals surface area contributed by atoms with E-state index in [-0.39, 0.29) is 19.1 Å². The van der Waals surface area contributed by atoms with Crippen molar-refractivity contribution in [2.24, 2.45) is 11.8 Å². The van der Waals surface area contributed by atoms with Crippen LogP contribution in [0.25, 0.3) is 0 Å². The summed E-state index contributed by atoms with van der Waals surface area (Å²) in [5, 5.41) is 40.7. The first kappa shape index (κ1) is 19.3. The molecule has 4 aliphatic rings. The fraction of sp³-hybridized carbons (Fsp3) is 0.778. The van der Waals surface area contributed by atoms with Crippen LogP contribution in [0.2, 0.25) is 0 Å². The van der Waals surface area contributed by atoms with E-state index in [9.17, 15) is 20.4 Å². The molecule has 1 aliphatic carbocycles. The Morgan fingerprint density at radius 3 is 2.70 bits per heavy atom. The van der Waals surface area contributed by atoms with Gasteiger partial charge in [-0.1, -0.05) is 6.08 Å². The lowest BCUT2D eigenvalue weighted by atomic mass is 9.88. The lowest BCUT2D eigenvalue weighted by Gasteiger charge is -2.49. The molecule has 0 amide bonds. The Labute approximate surface area is 156 Å². The van der Waals surface area contributed by atoms with Crippen molar-refractivity contribution in [3.8, 4) is 0 Å². The molecule has 0 bridgehead atoms. The molecule has 27 heavy (non-hydrogen) atoms. The molecule has 0 aromatic heterocycles. The molecule has 2 fully saturated rings. The van der Waals surface area contributed by atoms with Crippen molar-refractivity contribution < 1.29 is 44.1 Å². The second-order valence-electron chi connectivity index (χ2n) is 7.78. The normalized spacial score (nSPS) is 48.4. The molecule has 0 aromatic rings. The molecular weight excluding hydrogens is 360 g/mol. The van der Waals surface area contributed by atoms with Crippen LogP contribution in [0.1, 0.15) is 13.8 Å². The van der Waals surface area contributed by atoms with E-state index in [1.54, 1.807) is 26.0 Å². The summed E-state index contributed by atoms with van der Waals surface area (Å²) in [6.07, 6.45) is -2.05. The van der Waals surface area contributed by atoms with Crippen molar-refractivity contribution >= 4 is 0 Å². The maximum atomic E-state index is 10.5. The van der Waals surface area contributed by atoms with Crippen LogP contribution in [0.5, 0.6) is 0 Å². The zero-order chi connectivity index (χ0) is 19.3. The fourth-order valence-electron chi connectivity index (χ4n) is 4.14. The molecule has 152 valence electrons. The largest absolute Gasteiger partial charge is 0.472 e. The number of fused-ring (bicyclic) bond motifs is 2. The predicted molar refractivity (Wildman–Crippen MR) is 88.8 cm³/mol. The quantitative estimate of drug-likeness (QED) is 0.452. The summed E-state index contributed by atoms with van der Waals surface area (Å²) >= 11 is 0. The number of rotatable bonds is 3. The van der Waals surface area contributed by atoms with E-state index in [1.807, 2.05) is 0 Å². The number of aliphatic hydroxyl groups is 4. The molecule has 0 radical (unpaired) electrons. The Morgan fingerprint density at radius 2 is 1.96 bits per heavy atom. The maximum absolute atomic E-state index is 10.5. The molecule has 9 nitrogen and oxygen atoms in total. The van der Waals surface area contributed by atoms with Gasteiger partial charge in [0.25, 0.3) is 0 Å². The van der Waals surface area contributed by atoms with Crippen LogP contribution >= 0.6 is 0 Å².